The molecule has 8 heteroatoms. The monoisotopic (exact) mass is 353 g/mol. The number of cyclic esters (lactones) is 1. The molecule has 7 nitrogen and oxygen atoms in total. The van der Waals surface area contributed by atoms with E-state index < -0.39 is 11.9 Å². The minimum Gasteiger partial charge on any atom is -0.490 e. The predicted molar refractivity (Wildman–Crippen MR) is 87.3 cm³/mol. The van der Waals surface area contributed by atoms with Gasteiger partial charge >= 0.3 is 11.9 Å². The van der Waals surface area contributed by atoms with E-state index in [1.807, 2.05) is 0 Å². The lowest BCUT2D eigenvalue weighted by atomic mass is 10.1. The number of rotatable bonds is 6. The third-order valence-corrected chi connectivity index (χ3v) is 3.21. The van der Waals surface area contributed by atoms with E-state index >= 15 is 0 Å². The molecule has 0 N–H and O–H groups in total. The molecular weight excluding hydrogens is 338 g/mol. The molecule has 1 aliphatic heterocycles. The Balaban J connectivity index is 2.34. The van der Waals surface area contributed by atoms with Gasteiger partial charge in [-0.05, 0) is 30.7 Å². The summed E-state index contributed by atoms with van der Waals surface area (Å²) < 4.78 is 20.2. The second-order valence-electron chi connectivity index (χ2n) is 4.68. The van der Waals surface area contributed by atoms with Crippen LogP contribution in [0.5, 0.6) is 11.5 Å². The lowest BCUT2D eigenvalue weighted by molar-refractivity contribution is -0.143. The van der Waals surface area contributed by atoms with Crippen LogP contribution in [0.3, 0.4) is 0 Å². The molecule has 0 spiro atoms. The summed E-state index contributed by atoms with van der Waals surface area (Å²) in [4.78, 5) is 26.8. The average Bonchev–Trinajstić information content (AvgIpc) is 2.84. The predicted octanol–water partition coefficient (Wildman–Crippen LogP) is 2.61. The van der Waals surface area contributed by atoms with E-state index in [0.717, 1.165) is 0 Å². The lowest BCUT2D eigenvalue weighted by Crippen LogP contribution is -2.13. The first-order valence-corrected chi connectivity index (χ1v) is 7.47. The smallest absolute Gasteiger partial charge is 0.363 e. The van der Waals surface area contributed by atoms with Gasteiger partial charge in [-0.25, -0.2) is 14.6 Å². The van der Waals surface area contributed by atoms with Crippen molar-refractivity contribution in [3.63, 3.8) is 0 Å². The van der Waals surface area contributed by atoms with Gasteiger partial charge in [0, 0.05) is 6.92 Å². The van der Waals surface area contributed by atoms with Crippen LogP contribution in [0.25, 0.3) is 6.08 Å². The quantitative estimate of drug-likeness (QED) is 0.577. The summed E-state index contributed by atoms with van der Waals surface area (Å²) in [6, 6.07) is 3.20. The highest BCUT2D eigenvalue weighted by molar-refractivity contribution is 6.32. The van der Waals surface area contributed by atoms with Crippen molar-refractivity contribution in [1.82, 2.24) is 0 Å². The number of aliphatic imine (C=N–C) groups is 1. The van der Waals surface area contributed by atoms with Gasteiger partial charge in [0.05, 0.1) is 18.7 Å². The number of nitrogens with zero attached hydrogens (tertiary/aromatic N) is 1. The fourth-order valence-corrected chi connectivity index (χ4v) is 2.21. The Morgan fingerprint density at radius 1 is 1.38 bits per heavy atom. The second-order valence-corrected chi connectivity index (χ2v) is 5.08. The molecular formula is C16H16ClNO6. The van der Waals surface area contributed by atoms with E-state index in [1.165, 1.54) is 13.2 Å². The number of halogens is 1. The topological polar surface area (TPSA) is 83.4 Å². The molecule has 0 saturated carbocycles. The molecule has 0 aromatic heterocycles. The minimum absolute atomic E-state index is 0.161. The summed E-state index contributed by atoms with van der Waals surface area (Å²) in [5.41, 5.74) is 0.744. The first-order valence-electron chi connectivity index (χ1n) is 7.09. The summed E-state index contributed by atoms with van der Waals surface area (Å²) in [5, 5.41) is 0.226. The van der Waals surface area contributed by atoms with Crippen LogP contribution in [-0.4, -0.2) is 38.2 Å². The van der Waals surface area contributed by atoms with E-state index in [4.69, 9.17) is 25.8 Å². The number of benzene rings is 1. The SMILES string of the molecule is CCOc1cc(/C=C2\N=C(C)OC2=O)cc(Cl)c1OCC(=O)OC. The zero-order valence-corrected chi connectivity index (χ0v) is 14.2. The first kappa shape index (κ1) is 17.8. The highest BCUT2D eigenvalue weighted by Gasteiger charge is 2.20. The molecule has 2 rings (SSSR count). The number of carbonyl (C=O) groups excluding carboxylic acids is 2. The molecule has 1 aromatic carbocycles. The molecule has 24 heavy (non-hydrogen) atoms. The number of carbonyl (C=O) groups is 2. The van der Waals surface area contributed by atoms with Gasteiger partial charge in [-0.1, -0.05) is 11.6 Å². The number of hydrogen-bond donors (Lipinski definition) is 0. The normalized spacial score (nSPS) is 15.1. The van der Waals surface area contributed by atoms with Gasteiger partial charge < -0.3 is 18.9 Å². The summed E-state index contributed by atoms with van der Waals surface area (Å²) in [6.45, 7) is 3.45. The minimum atomic E-state index is -0.543. The van der Waals surface area contributed by atoms with Gasteiger partial charge in [-0.15, -0.1) is 0 Å². The van der Waals surface area contributed by atoms with E-state index in [0.29, 0.717) is 17.9 Å². The zero-order valence-electron chi connectivity index (χ0n) is 13.4. The molecule has 128 valence electrons. The molecule has 0 atom stereocenters. The number of methoxy groups -OCH3 is 1. The molecule has 0 fully saturated rings. The summed E-state index contributed by atoms with van der Waals surface area (Å²) in [7, 11) is 1.26. The van der Waals surface area contributed by atoms with Crippen molar-refractivity contribution in [1.29, 1.82) is 0 Å². The highest BCUT2D eigenvalue weighted by atomic mass is 35.5. The van der Waals surface area contributed by atoms with E-state index in [9.17, 15) is 9.59 Å². The van der Waals surface area contributed by atoms with Crippen molar-refractivity contribution in [2.75, 3.05) is 20.3 Å². The van der Waals surface area contributed by atoms with Crippen LogP contribution >= 0.6 is 11.6 Å². The van der Waals surface area contributed by atoms with Crippen molar-refractivity contribution in [2.45, 2.75) is 13.8 Å². The van der Waals surface area contributed by atoms with E-state index in [-0.39, 0.29) is 29.0 Å². The zero-order chi connectivity index (χ0) is 17.7. The summed E-state index contributed by atoms with van der Waals surface area (Å²) in [6.07, 6.45) is 1.53. The molecule has 1 aromatic rings. The number of ether oxygens (including phenoxy) is 4. The van der Waals surface area contributed by atoms with Crippen LogP contribution in [0.15, 0.2) is 22.8 Å². The molecule has 0 radical (unpaired) electrons. The molecule has 0 aliphatic carbocycles. The fraction of sp³-hybridized carbons (Fsp3) is 0.312. The maximum absolute atomic E-state index is 11.6. The third-order valence-electron chi connectivity index (χ3n) is 2.92. The van der Waals surface area contributed by atoms with Gasteiger partial charge in [0.15, 0.2) is 29.7 Å². The molecule has 0 unspecified atom stereocenters. The second kappa shape index (κ2) is 7.83. The Labute approximate surface area is 143 Å². The molecule has 0 bridgehead atoms. The van der Waals surface area contributed by atoms with Gasteiger partial charge in [-0.3, -0.25) is 0 Å². The van der Waals surface area contributed by atoms with Crippen molar-refractivity contribution in [3.05, 3.63) is 28.4 Å². The van der Waals surface area contributed by atoms with Crippen LogP contribution in [0.4, 0.5) is 0 Å². The van der Waals surface area contributed by atoms with Crippen molar-refractivity contribution < 1.29 is 28.5 Å². The maximum atomic E-state index is 11.6. The molecule has 1 heterocycles. The largest absolute Gasteiger partial charge is 0.490 e. The lowest BCUT2D eigenvalue weighted by Gasteiger charge is -2.13. The molecule has 1 aliphatic rings. The van der Waals surface area contributed by atoms with Crippen LogP contribution in [-0.2, 0) is 19.1 Å². The molecule has 0 saturated heterocycles. The Bertz CT molecular complexity index is 726. The molecule has 0 amide bonds. The number of hydrogen-bond acceptors (Lipinski definition) is 7. The van der Waals surface area contributed by atoms with E-state index in [2.05, 4.69) is 9.73 Å². The average molecular weight is 354 g/mol. The summed E-state index contributed by atoms with van der Waals surface area (Å²) in [5.74, 6) is -0.237. The maximum Gasteiger partial charge on any atom is 0.363 e. The summed E-state index contributed by atoms with van der Waals surface area (Å²) >= 11 is 6.21. The van der Waals surface area contributed by atoms with Gasteiger partial charge in [0.1, 0.15) is 0 Å². The standard InChI is InChI=1S/C16H16ClNO6/c1-4-22-13-7-10(6-12-16(20)24-9(2)18-12)5-11(17)15(13)23-8-14(19)21-3/h5-7H,4,8H2,1-3H3/b12-6-. The number of esters is 2. The van der Waals surface area contributed by atoms with Crippen LogP contribution in [0, 0.1) is 0 Å². The van der Waals surface area contributed by atoms with Crippen molar-refractivity contribution in [3.8, 4) is 11.5 Å². The van der Waals surface area contributed by atoms with Crippen molar-refractivity contribution in [2.24, 2.45) is 4.99 Å². The van der Waals surface area contributed by atoms with E-state index in [1.54, 1.807) is 26.0 Å². The van der Waals surface area contributed by atoms with Gasteiger partial charge in [-0.2, -0.15) is 0 Å². The van der Waals surface area contributed by atoms with Crippen molar-refractivity contribution >= 4 is 35.5 Å². The van der Waals surface area contributed by atoms with Crippen LogP contribution in [0.1, 0.15) is 19.4 Å². The Hall–Kier alpha value is -2.54. The third kappa shape index (κ3) is 4.26. The first-order chi connectivity index (χ1) is 11.4. The highest BCUT2D eigenvalue weighted by Crippen LogP contribution is 2.37. The Kier molecular flexibility index (Phi) is 5.81. The van der Waals surface area contributed by atoms with Crippen LogP contribution < -0.4 is 9.47 Å². The Morgan fingerprint density at radius 3 is 2.71 bits per heavy atom. The van der Waals surface area contributed by atoms with Gasteiger partial charge in [0.25, 0.3) is 0 Å². The van der Waals surface area contributed by atoms with Gasteiger partial charge in [0.2, 0.25) is 0 Å². The fourth-order valence-electron chi connectivity index (χ4n) is 1.94. The van der Waals surface area contributed by atoms with Crippen LogP contribution in [0.2, 0.25) is 5.02 Å². The Morgan fingerprint density at radius 2 is 2.12 bits per heavy atom.